The molecule has 4 heteroatoms. The maximum Gasteiger partial charge on any atom is 0.119 e. The third-order valence-electron chi connectivity index (χ3n) is 6.73. The van der Waals surface area contributed by atoms with Gasteiger partial charge in [-0.1, -0.05) is 48.9 Å². The predicted octanol–water partition coefficient (Wildman–Crippen LogP) is 6.24. The van der Waals surface area contributed by atoms with Crippen molar-refractivity contribution >= 4 is 10.9 Å². The van der Waals surface area contributed by atoms with Crippen molar-refractivity contribution in [3.05, 3.63) is 83.9 Å². The lowest BCUT2D eigenvalue weighted by Gasteiger charge is -2.26. The quantitative estimate of drug-likeness (QED) is 0.370. The molecular weight excluding hydrogens is 408 g/mol. The molecule has 0 radical (unpaired) electrons. The number of benzene rings is 3. The molecule has 170 valence electrons. The molecule has 0 unspecified atom stereocenters. The van der Waals surface area contributed by atoms with Crippen LogP contribution in [-0.2, 0) is 6.54 Å². The minimum atomic E-state index is 0.287. The van der Waals surface area contributed by atoms with Gasteiger partial charge in [-0.25, -0.2) is 0 Å². The maximum absolute atomic E-state index is 10.1. The second-order valence-corrected chi connectivity index (χ2v) is 9.02. The molecule has 1 aliphatic heterocycles. The molecule has 33 heavy (non-hydrogen) atoms. The van der Waals surface area contributed by atoms with E-state index in [0.29, 0.717) is 0 Å². The number of rotatable bonds is 7. The molecule has 5 rings (SSSR count). The van der Waals surface area contributed by atoms with Crippen LogP contribution in [0.1, 0.15) is 30.4 Å². The highest BCUT2D eigenvalue weighted by atomic mass is 16.5. The van der Waals surface area contributed by atoms with Crippen LogP contribution < -0.4 is 4.74 Å². The number of ether oxygens (including phenoxy) is 1. The number of aromatic hydroxyl groups is 1. The van der Waals surface area contributed by atoms with Crippen molar-refractivity contribution < 1.29 is 9.84 Å². The number of phenols is 1. The van der Waals surface area contributed by atoms with Crippen LogP contribution in [0.15, 0.2) is 72.8 Å². The van der Waals surface area contributed by atoms with Gasteiger partial charge in [0.2, 0.25) is 0 Å². The largest absolute Gasteiger partial charge is 0.508 e. The van der Waals surface area contributed by atoms with E-state index in [4.69, 9.17) is 4.74 Å². The summed E-state index contributed by atoms with van der Waals surface area (Å²) in [5.74, 6) is 1.22. The molecule has 0 atom stereocenters. The Morgan fingerprint density at radius 1 is 0.879 bits per heavy atom. The van der Waals surface area contributed by atoms with Gasteiger partial charge < -0.3 is 14.4 Å². The average molecular weight is 441 g/mol. The van der Waals surface area contributed by atoms with Crippen LogP contribution in [0.4, 0.5) is 0 Å². The minimum Gasteiger partial charge on any atom is -0.508 e. The number of hydrogen-bond acceptors (Lipinski definition) is 3. The lowest BCUT2D eigenvalue weighted by molar-refractivity contribution is 0.183. The van der Waals surface area contributed by atoms with Crippen LogP contribution in [0.25, 0.3) is 22.2 Å². The number of aromatic nitrogens is 1. The molecule has 1 aromatic heterocycles. The van der Waals surface area contributed by atoms with E-state index in [1.165, 1.54) is 54.4 Å². The lowest BCUT2D eigenvalue weighted by atomic mass is 10.1. The van der Waals surface area contributed by atoms with E-state index in [9.17, 15) is 5.11 Å². The van der Waals surface area contributed by atoms with Crippen molar-refractivity contribution in [1.82, 2.24) is 9.47 Å². The van der Waals surface area contributed by atoms with Gasteiger partial charge in [-0.2, -0.15) is 0 Å². The Kier molecular flexibility index (Phi) is 6.36. The summed E-state index contributed by atoms with van der Waals surface area (Å²) in [4.78, 5) is 2.50. The molecule has 4 aromatic rings. The fraction of sp³-hybridized carbons (Fsp3) is 0.310. The molecule has 1 saturated heterocycles. The minimum absolute atomic E-state index is 0.287. The number of fused-ring (bicyclic) bond motifs is 1. The molecule has 0 aliphatic carbocycles. The number of hydrogen-bond donors (Lipinski definition) is 1. The third kappa shape index (κ3) is 4.76. The average Bonchev–Trinajstić information content (AvgIpc) is 3.12. The highest BCUT2D eigenvalue weighted by Gasteiger charge is 2.16. The molecule has 1 fully saturated rings. The van der Waals surface area contributed by atoms with Crippen molar-refractivity contribution in [2.45, 2.75) is 32.7 Å². The van der Waals surface area contributed by atoms with E-state index in [1.54, 1.807) is 6.07 Å². The SMILES string of the molecule is Cc1c(-c2cccc(O)c2)n(Cc2ccc(OCCN3CCCCC3)cc2)c2ccccc12. The Hall–Kier alpha value is -3.24. The lowest BCUT2D eigenvalue weighted by Crippen LogP contribution is -2.33. The standard InChI is InChI=1S/C29H32N2O2/c1-22-27-10-3-4-11-28(27)31(29(22)24-8-7-9-25(32)20-24)21-23-12-14-26(15-13-23)33-19-18-30-16-5-2-6-17-30/h3-4,7-15,20,32H,2,5-6,16-19,21H2,1H3. The first-order chi connectivity index (χ1) is 16.2. The summed E-state index contributed by atoms with van der Waals surface area (Å²) in [5, 5.41) is 11.3. The molecular formula is C29H32N2O2. The summed E-state index contributed by atoms with van der Waals surface area (Å²) < 4.78 is 8.37. The van der Waals surface area contributed by atoms with Gasteiger partial charge in [-0.05, 0) is 74.3 Å². The second kappa shape index (κ2) is 9.72. The number of phenolic OH excluding ortho intramolecular Hbond substituents is 1. The van der Waals surface area contributed by atoms with Gasteiger partial charge in [0.1, 0.15) is 18.1 Å². The first-order valence-corrected chi connectivity index (χ1v) is 12.0. The van der Waals surface area contributed by atoms with Crippen LogP contribution in [0, 0.1) is 6.92 Å². The van der Waals surface area contributed by atoms with Crippen LogP contribution in [0.5, 0.6) is 11.5 Å². The van der Waals surface area contributed by atoms with Crippen molar-refractivity contribution in [2.24, 2.45) is 0 Å². The summed E-state index contributed by atoms with van der Waals surface area (Å²) in [7, 11) is 0. The van der Waals surface area contributed by atoms with Gasteiger partial charge in [-0.15, -0.1) is 0 Å². The van der Waals surface area contributed by atoms with Gasteiger partial charge in [0.15, 0.2) is 0 Å². The highest BCUT2D eigenvalue weighted by Crippen LogP contribution is 2.35. The van der Waals surface area contributed by atoms with Crippen molar-refractivity contribution in [1.29, 1.82) is 0 Å². The first kappa shape index (κ1) is 21.6. The molecule has 2 heterocycles. The summed E-state index contributed by atoms with van der Waals surface area (Å²) in [6, 6.07) is 24.5. The molecule has 3 aromatic carbocycles. The summed E-state index contributed by atoms with van der Waals surface area (Å²) in [6.07, 6.45) is 3.99. The van der Waals surface area contributed by atoms with E-state index >= 15 is 0 Å². The van der Waals surface area contributed by atoms with Crippen LogP contribution in [0.2, 0.25) is 0 Å². The number of aryl methyl sites for hydroxylation is 1. The van der Waals surface area contributed by atoms with E-state index in [-0.39, 0.29) is 5.75 Å². The van der Waals surface area contributed by atoms with E-state index in [2.05, 4.69) is 71.0 Å². The van der Waals surface area contributed by atoms with Gasteiger partial charge in [0.25, 0.3) is 0 Å². The number of likely N-dealkylation sites (tertiary alicyclic amines) is 1. The molecule has 4 nitrogen and oxygen atoms in total. The molecule has 0 saturated carbocycles. The Morgan fingerprint density at radius 2 is 1.67 bits per heavy atom. The van der Waals surface area contributed by atoms with E-state index < -0.39 is 0 Å². The van der Waals surface area contributed by atoms with Gasteiger partial charge in [0.05, 0.1) is 5.69 Å². The summed E-state index contributed by atoms with van der Waals surface area (Å²) in [6.45, 7) is 7.07. The molecule has 0 spiro atoms. The zero-order chi connectivity index (χ0) is 22.6. The first-order valence-electron chi connectivity index (χ1n) is 12.0. The van der Waals surface area contributed by atoms with E-state index in [1.807, 2.05) is 12.1 Å². The fourth-order valence-electron chi connectivity index (χ4n) is 5.02. The van der Waals surface area contributed by atoms with E-state index in [0.717, 1.165) is 36.7 Å². The van der Waals surface area contributed by atoms with Crippen LogP contribution in [0.3, 0.4) is 0 Å². The monoisotopic (exact) mass is 440 g/mol. The topological polar surface area (TPSA) is 37.6 Å². The maximum atomic E-state index is 10.1. The fourth-order valence-corrected chi connectivity index (χ4v) is 5.02. The molecule has 1 aliphatic rings. The summed E-state index contributed by atoms with van der Waals surface area (Å²) in [5.41, 5.74) is 5.83. The van der Waals surface area contributed by atoms with Crippen molar-refractivity contribution in [2.75, 3.05) is 26.2 Å². The predicted molar refractivity (Wildman–Crippen MR) is 135 cm³/mol. The van der Waals surface area contributed by atoms with Crippen molar-refractivity contribution in [3.8, 4) is 22.8 Å². The molecule has 1 N–H and O–H groups in total. The smallest absolute Gasteiger partial charge is 0.119 e. The van der Waals surface area contributed by atoms with Gasteiger partial charge in [0, 0.05) is 29.6 Å². The second-order valence-electron chi connectivity index (χ2n) is 9.02. The Balaban J connectivity index is 1.36. The highest BCUT2D eigenvalue weighted by molar-refractivity contribution is 5.91. The summed E-state index contributed by atoms with van der Waals surface area (Å²) >= 11 is 0. The Bertz CT molecular complexity index is 1220. The molecule has 0 amide bonds. The zero-order valence-electron chi connectivity index (χ0n) is 19.3. The normalized spacial score (nSPS) is 14.6. The van der Waals surface area contributed by atoms with Crippen molar-refractivity contribution in [3.63, 3.8) is 0 Å². The number of para-hydroxylation sites is 1. The number of nitrogens with zero attached hydrogens (tertiary/aromatic N) is 2. The van der Waals surface area contributed by atoms with Gasteiger partial charge >= 0.3 is 0 Å². The van der Waals surface area contributed by atoms with Crippen LogP contribution >= 0.6 is 0 Å². The Morgan fingerprint density at radius 3 is 2.45 bits per heavy atom. The van der Waals surface area contributed by atoms with Crippen LogP contribution in [-0.4, -0.2) is 40.8 Å². The zero-order valence-corrected chi connectivity index (χ0v) is 19.3. The number of piperidine rings is 1. The third-order valence-corrected chi connectivity index (χ3v) is 6.73. The molecule has 0 bridgehead atoms. The Labute approximate surface area is 196 Å². The van der Waals surface area contributed by atoms with Gasteiger partial charge in [-0.3, -0.25) is 4.90 Å².